The fourth-order valence-corrected chi connectivity index (χ4v) is 5.20. The van der Waals surface area contributed by atoms with E-state index in [0.717, 1.165) is 19.2 Å². The lowest BCUT2D eigenvalue weighted by molar-refractivity contribution is -0.533. The molecule has 11 atom stereocenters. The molecule has 0 aliphatic carbocycles. The van der Waals surface area contributed by atoms with Crippen molar-refractivity contribution in [2.24, 2.45) is 0 Å². The third kappa shape index (κ3) is 11.2. The molecular weight excluding hydrogens is 724 g/mol. The van der Waals surface area contributed by atoms with E-state index < -0.39 is 112 Å². The van der Waals surface area contributed by atoms with Gasteiger partial charge in [-0.25, -0.2) is 18.1 Å². The number of nitrogens with one attached hydrogen (secondary N) is 2. The van der Waals surface area contributed by atoms with Crippen LogP contribution in [-0.2, 0) is 71.5 Å². The molecule has 2 fully saturated rings. The van der Waals surface area contributed by atoms with E-state index in [-0.39, 0.29) is 0 Å². The van der Waals surface area contributed by atoms with Gasteiger partial charge < -0.3 is 40.1 Å². The molecule has 11 unspecified atom stereocenters. The Hall–Kier alpha value is -2.12. The van der Waals surface area contributed by atoms with Gasteiger partial charge in [0.15, 0.2) is 6.23 Å². The summed E-state index contributed by atoms with van der Waals surface area (Å²) < 4.78 is 86.2. The van der Waals surface area contributed by atoms with Crippen LogP contribution in [0.3, 0.4) is 0 Å². The number of phosphoric acid groups is 2. The van der Waals surface area contributed by atoms with Crippen LogP contribution in [0.4, 0.5) is 0 Å². The molecule has 2 aliphatic rings. The number of aromatic amines is 1. The Bertz CT molecular complexity index is 1550. The molecule has 0 spiro atoms. The quantitative estimate of drug-likeness (QED) is 0.0330. The number of carbonyl (C=O) groups excluding carboxylic acids is 1. The number of amides is 1. The molecule has 0 bridgehead atoms. The molecular formula is C17H27N3O24P2S. The zero-order valence-corrected chi connectivity index (χ0v) is 25.7. The topological polar surface area (TPSA) is 386 Å². The monoisotopic (exact) mass is 751 g/mol. The lowest BCUT2D eigenvalue weighted by atomic mass is 9.97. The number of aliphatic hydroxyl groups excluding tert-OH is 4. The highest BCUT2D eigenvalue weighted by atomic mass is 32.3. The average molecular weight is 751 g/mol. The Morgan fingerprint density at radius 1 is 1.02 bits per heavy atom. The van der Waals surface area contributed by atoms with Crippen molar-refractivity contribution in [1.82, 2.24) is 14.9 Å². The summed E-state index contributed by atoms with van der Waals surface area (Å²) in [6.07, 6.45) is -13.8. The molecule has 0 saturated carbocycles. The molecule has 0 radical (unpaired) electrons. The maximum Gasteiger partial charge on any atom is 0.531 e. The van der Waals surface area contributed by atoms with Crippen molar-refractivity contribution in [2.45, 2.75) is 62.1 Å². The van der Waals surface area contributed by atoms with E-state index in [1.807, 2.05) is 10.3 Å². The fourth-order valence-electron chi connectivity index (χ4n) is 3.91. The van der Waals surface area contributed by atoms with Crippen molar-refractivity contribution in [2.75, 3.05) is 13.2 Å². The van der Waals surface area contributed by atoms with E-state index in [1.54, 1.807) is 0 Å². The molecule has 0 aromatic carbocycles. The number of hydrogen-bond acceptors (Lipinski definition) is 21. The van der Waals surface area contributed by atoms with E-state index in [1.165, 1.54) is 0 Å². The molecule has 270 valence electrons. The summed E-state index contributed by atoms with van der Waals surface area (Å²) in [4.78, 5) is 60.3. The van der Waals surface area contributed by atoms with Gasteiger partial charge in [-0.15, -0.1) is 0 Å². The highest BCUT2D eigenvalue weighted by Crippen LogP contribution is 2.49. The summed E-state index contributed by atoms with van der Waals surface area (Å²) >= 11 is 0. The van der Waals surface area contributed by atoms with E-state index >= 15 is 0 Å². The van der Waals surface area contributed by atoms with Gasteiger partial charge in [-0.3, -0.25) is 33.1 Å². The predicted octanol–water partition coefficient (Wildman–Crippen LogP) is -5.10. The molecule has 47 heavy (non-hydrogen) atoms. The number of hydrogen-bond donors (Lipinski definition) is 9. The zero-order chi connectivity index (χ0) is 35.3. The van der Waals surface area contributed by atoms with Crippen LogP contribution >= 0.6 is 15.6 Å². The third-order valence-electron chi connectivity index (χ3n) is 5.83. The minimum Gasteiger partial charge on any atom is -0.394 e. The lowest BCUT2D eigenvalue weighted by Gasteiger charge is -2.41. The fraction of sp³-hybridized carbons (Fsp3) is 0.706. The summed E-state index contributed by atoms with van der Waals surface area (Å²) in [5.41, 5.74) is -1.79. The molecule has 27 nitrogen and oxygen atoms in total. The Morgan fingerprint density at radius 3 is 2.26 bits per heavy atom. The first-order chi connectivity index (χ1) is 21.7. The van der Waals surface area contributed by atoms with Crippen LogP contribution in [0.1, 0.15) is 13.2 Å². The van der Waals surface area contributed by atoms with Crippen molar-refractivity contribution in [1.29, 1.82) is 0 Å². The number of nitrogens with zero attached hydrogens (tertiary/aromatic N) is 1. The second-order valence-corrected chi connectivity index (χ2v) is 12.8. The normalized spacial score (nSPS) is 32.4. The number of aliphatic hydroxyl groups is 4. The maximum atomic E-state index is 12.0. The van der Waals surface area contributed by atoms with Crippen molar-refractivity contribution in [3.63, 3.8) is 0 Å². The summed E-state index contributed by atoms with van der Waals surface area (Å²) in [7, 11) is -16.2. The average Bonchev–Trinajstić information content (AvgIpc) is 3.22. The van der Waals surface area contributed by atoms with Crippen LogP contribution in [0.2, 0.25) is 0 Å². The molecule has 3 rings (SSSR count). The van der Waals surface area contributed by atoms with Gasteiger partial charge in [0.05, 0.1) is 13.2 Å². The second kappa shape index (κ2) is 16.1. The second-order valence-electron chi connectivity index (χ2n) is 9.18. The summed E-state index contributed by atoms with van der Waals surface area (Å²) in [5.74, 6) is -0.883. The number of carbonyl (C=O) groups is 1. The number of aromatic nitrogens is 2. The number of rotatable bonds is 16. The van der Waals surface area contributed by atoms with Gasteiger partial charge in [0, 0.05) is 19.2 Å². The van der Waals surface area contributed by atoms with E-state index in [2.05, 4.69) is 37.7 Å². The SMILES string of the molecule is CC(=O)NC1C(OOOP(=O)(O)OOOP(=O)(O)OCC2OC(n3ccc(=O)[nH]c3=O)C(O)C2O)OC(CO)C(OS(=O)(=O)O)C1O. The first kappa shape index (κ1) is 39.3. The van der Waals surface area contributed by atoms with E-state index in [9.17, 15) is 62.1 Å². The molecule has 2 saturated heterocycles. The standard InChI is InChI=1S/C17H27N3O24P2S/c1-6(22)18-10-12(25)14(39-47(32,33)34)7(4-21)37-16(10)38-40-42-46(30,31)44-41-43-45(28,29)35-5-8-11(24)13(26)15(36-8)20-3-2-9(23)19-17(20)27/h2-3,7-8,10-16,21,24-26H,4-5H2,1H3,(H,18,22)(H,28,29)(H,30,31)(H,19,23,27)(H,32,33,34). The molecule has 1 aromatic heterocycles. The minimum atomic E-state index is -5.61. The van der Waals surface area contributed by atoms with Crippen LogP contribution < -0.4 is 16.6 Å². The van der Waals surface area contributed by atoms with Crippen LogP contribution in [-0.4, -0.2) is 121 Å². The van der Waals surface area contributed by atoms with Crippen LogP contribution in [0.5, 0.6) is 0 Å². The number of phosphoric ester groups is 1. The first-order valence-electron chi connectivity index (χ1n) is 12.3. The molecule has 30 heteroatoms. The Morgan fingerprint density at radius 2 is 1.66 bits per heavy atom. The van der Waals surface area contributed by atoms with Gasteiger partial charge in [0.2, 0.25) is 12.2 Å². The van der Waals surface area contributed by atoms with Crippen molar-refractivity contribution < 1.29 is 104 Å². The third-order valence-corrected chi connectivity index (χ3v) is 7.52. The van der Waals surface area contributed by atoms with Crippen LogP contribution in [0, 0.1) is 0 Å². The molecule has 2 aliphatic heterocycles. The predicted molar refractivity (Wildman–Crippen MR) is 135 cm³/mol. The molecule has 3 heterocycles. The minimum absolute atomic E-state index is 0.703. The highest BCUT2D eigenvalue weighted by Gasteiger charge is 2.50. The summed E-state index contributed by atoms with van der Waals surface area (Å²) in [6, 6.07) is -0.899. The van der Waals surface area contributed by atoms with E-state index in [4.69, 9.17) is 14.0 Å². The molecule has 1 aromatic rings. The molecule has 1 amide bonds. The number of ether oxygens (including phenoxy) is 2. The zero-order valence-electron chi connectivity index (χ0n) is 23.1. The van der Waals surface area contributed by atoms with E-state index in [0.29, 0.717) is 4.57 Å². The van der Waals surface area contributed by atoms with Gasteiger partial charge in [-0.1, -0.05) is 19.1 Å². The van der Waals surface area contributed by atoms with Gasteiger partial charge in [-0.2, -0.15) is 13.3 Å². The van der Waals surface area contributed by atoms with Gasteiger partial charge in [0.25, 0.3) is 5.56 Å². The Kier molecular flexibility index (Phi) is 13.4. The highest BCUT2D eigenvalue weighted by molar-refractivity contribution is 7.80. The van der Waals surface area contributed by atoms with Crippen molar-refractivity contribution >= 4 is 32.0 Å². The van der Waals surface area contributed by atoms with Gasteiger partial charge in [-0.05, 0) is 5.04 Å². The van der Waals surface area contributed by atoms with Crippen LogP contribution in [0.25, 0.3) is 0 Å². The van der Waals surface area contributed by atoms with Crippen LogP contribution in [0.15, 0.2) is 21.9 Å². The van der Waals surface area contributed by atoms with Gasteiger partial charge in [0.1, 0.15) is 42.7 Å². The maximum absolute atomic E-state index is 12.0. The summed E-state index contributed by atoms with van der Waals surface area (Å²) in [6.45, 7) is -1.18. The number of H-pyrrole nitrogens is 1. The van der Waals surface area contributed by atoms with Crippen molar-refractivity contribution in [3.05, 3.63) is 33.1 Å². The summed E-state index contributed by atoms with van der Waals surface area (Å²) in [5, 5.41) is 49.8. The van der Waals surface area contributed by atoms with Crippen molar-refractivity contribution in [3.8, 4) is 0 Å². The Labute approximate surface area is 259 Å². The Balaban J connectivity index is 1.49. The first-order valence-corrected chi connectivity index (χ1v) is 16.7. The van der Waals surface area contributed by atoms with Gasteiger partial charge >= 0.3 is 31.7 Å². The largest absolute Gasteiger partial charge is 0.531 e. The molecule has 9 N–H and O–H groups in total. The lowest BCUT2D eigenvalue weighted by Crippen LogP contribution is -2.65. The smallest absolute Gasteiger partial charge is 0.394 e.